The second-order valence-electron chi connectivity index (χ2n) is 3.57. The Morgan fingerprint density at radius 3 is 2.53 bits per heavy atom. The van der Waals surface area contributed by atoms with Crippen LogP contribution in [0, 0.1) is 0 Å². The minimum atomic E-state index is -1.24. The number of rotatable bonds is 6. The first kappa shape index (κ1) is 13.1. The molecule has 6 N–H and O–H groups in total. The van der Waals surface area contributed by atoms with Gasteiger partial charge < -0.3 is 21.9 Å². The molecular weight excluding hydrogens is 222 g/mol. The lowest BCUT2D eigenvalue weighted by atomic mass is 10.1. The number of nitrogens with two attached hydrogens (primary N) is 2. The molecule has 92 valence electrons. The van der Waals surface area contributed by atoms with E-state index in [-0.39, 0.29) is 6.54 Å². The van der Waals surface area contributed by atoms with E-state index in [0.717, 1.165) is 0 Å². The number of nitrogens with one attached hydrogen (secondary N) is 1. The third kappa shape index (κ3) is 3.86. The van der Waals surface area contributed by atoms with Crippen molar-refractivity contribution < 1.29 is 14.7 Å². The van der Waals surface area contributed by atoms with Gasteiger partial charge in [0, 0.05) is 18.7 Å². The topological polar surface area (TPSA) is 118 Å². The van der Waals surface area contributed by atoms with Gasteiger partial charge in [-0.2, -0.15) is 0 Å². The molecule has 0 radical (unpaired) electrons. The number of hydrogen-bond donors (Lipinski definition) is 4. The third-order valence-electron chi connectivity index (χ3n) is 2.26. The van der Waals surface area contributed by atoms with E-state index in [0.29, 0.717) is 17.7 Å². The summed E-state index contributed by atoms with van der Waals surface area (Å²) in [6.07, 6.45) is -1.24. The Bertz CT molecular complexity index is 420. The fourth-order valence-electron chi connectivity index (χ4n) is 1.36. The van der Waals surface area contributed by atoms with Crippen molar-refractivity contribution in [3.05, 3.63) is 35.4 Å². The summed E-state index contributed by atoms with van der Waals surface area (Å²) in [5.74, 6) is -1.31. The Morgan fingerprint density at radius 1 is 1.29 bits per heavy atom. The third-order valence-corrected chi connectivity index (χ3v) is 2.26. The highest BCUT2D eigenvalue weighted by molar-refractivity contribution is 5.94. The highest BCUT2D eigenvalue weighted by Gasteiger charge is 2.11. The number of aliphatic hydroxyl groups is 1. The minimum absolute atomic E-state index is 0.0302. The molecule has 1 rings (SSSR count). The van der Waals surface area contributed by atoms with Crippen molar-refractivity contribution in [2.75, 3.05) is 6.54 Å². The largest absolute Gasteiger partial charge is 0.382 e. The molecule has 1 atom stereocenters. The van der Waals surface area contributed by atoms with Gasteiger partial charge in [0.15, 0.2) is 0 Å². The van der Waals surface area contributed by atoms with Crippen molar-refractivity contribution in [3.8, 4) is 0 Å². The number of carbonyl (C=O) groups is 2. The zero-order valence-corrected chi connectivity index (χ0v) is 9.22. The lowest BCUT2D eigenvalue weighted by Gasteiger charge is -2.10. The first-order valence-electron chi connectivity index (χ1n) is 5.08. The van der Waals surface area contributed by atoms with Crippen LogP contribution in [0.2, 0.25) is 0 Å². The van der Waals surface area contributed by atoms with Gasteiger partial charge in [-0.1, -0.05) is 18.2 Å². The van der Waals surface area contributed by atoms with Crippen LogP contribution in [0.3, 0.4) is 0 Å². The molecule has 0 aliphatic carbocycles. The van der Waals surface area contributed by atoms with E-state index in [1.807, 2.05) is 0 Å². The van der Waals surface area contributed by atoms with Crippen LogP contribution in [0.5, 0.6) is 0 Å². The second-order valence-corrected chi connectivity index (χ2v) is 3.57. The fraction of sp³-hybridized carbons (Fsp3) is 0.273. The van der Waals surface area contributed by atoms with Crippen LogP contribution in [-0.2, 0) is 11.3 Å². The molecule has 6 heteroatoms. The number of benzene rings is 1. The molecule has 1 aromatic carbocycles. The molecule has 0 saturated heterocycles. The number of aliphatic hydroxyl groups excluding tert-OH is 1. The van der Waals surface area contributed by atoms with Gasteiger partial charge in [0.2, 0.25) is 11.8 Å². The molecular formula is C11H15N3O3. The highest BCUT2D eigenvalue weighted by Crippen LogP contribution is 2.07. The molecule has 6 nitrogen and oxygen atoms in total. The van der Waals surface area contributed by atoms with Crippen LogP contribution in [0.25, 0.3) is 0 Å². The average molecular weight is 237 g/mol. The van der Waals surface area contributed by atoms with Crippen LogP contribution < -0.4 is 16.8 Å². The van der Waals surface area contributed by atoms with E-state index in [1.165, 1.54) is 0 Å². The average Bonchev–Trinajstić information content (AvgIpc) is 2.29. The van der Waals surface area contributed by atoms with E-state index >= 15 is 0 Å². The van der Waals surface area contributed by atoms with Crippen molar-refractivity contribution in [3.63, 3.8) is 0 Å². The summed E-state index contributed by atoms with van der Waals surface area (Å²) in [4.78, 5) is 21.7. The van der Waals surface area contributed by atoms with Crippen LogP contribution in [0.15, 0.2) is 24.3 Å². The van der Waals surface area contributed by atoms with Crippen LogP contribution in [0.1, 0.15) is 15.9 Å². The molecule has 2 amide bonds. The maximum Gasteiger partial charge on any atom is 0.249 e. The zero-order chi connectivity index (χ0) is 12.8. The Hall–Kier alpha value is -1.92. The predicted molar refractivity (Wildman–Crippen MR) is 61.9 cm³/mol. The SMILES string of the molecule is NC(=O)c1ccccc1CNCC(O)C(N)=O. The first-order chi connectivity index (χ1) is 8.02. The van der Waals surface area contributed by atoms with E-state index in [2.05, 4.69) is 5.32 Å². The van der Waals surface area contributed by atoms with Crippen LogP contribution >= 0.6 is 0 Å². The Labute approximate surface area is 98.6 Å². The molecule has 17 heavy (non-hydrogen) atoms. The standard InChI is InChI=1S/C11H15N3O3/c12-10(16)8-4-2-1-3-7(8)5-14-6-9(15)11(13)17/h1-4,9,14-15H,5-6H2,(H2,12,16)(H2,13,17). The minimum Gasteiger partial charge on any atom is -0.382 e. The Balaban J connectivity index is 2.58. The van der Waals surface area contributed by atoms with E-state index in [4.69, 9.17) is 16.6 Å². The molecule has 0 aliphatic rings. The summed E-state index contributed by atoms with van der Waals surface area (Å²) >= 11 is 0. The quantitative estimate of drug-likeness (QED) is 0.492. The summed E-state index contributed by atoms with van der Waals surface area (Å²) in [5, 5.41) is 12.0. The molecule has 0 spiro atoms. The maximum atomic E-state index is 11.1. The van der Waals surface area contributed by atoms with Crippen molar-refractivity contribution in [2.45, 2.75) is 12.6 Å². The summed E-state index contributed by atoms with van der Waals surface area (Å²) in [6, 6.07) is 6.84. The summed E-state index contributed by atoms with van der Waals surface area (Å²) in [6.45, 7) is 0.353. The van der Waals surface area contributed by atoms with Crippen LogP contribution in [-0.4, -0.2) is 29.6 Å². The van der Waals surface area contributed by atoms with Gasteiger partial charge in [-0.25, -0.2) is 0 Å². The van der Waals surface area contributed by atoms with Gasteiger partial charge in [0.05, 0.1) is 0 Å². The Kier molecular flexibility index (Phi) is 4.62. The molecule has 0 bridgehead atoms. The summed E-state index contributed by atoms with van der Waals surface area (Å²) in [5.41, 5.74) is 11.2. The molecule has 0 aliphatic heterocycles. The summed E-state index contributed by atoms with van der Waals surface area (Å²) in [7, 11) is 0. The van der Waals surface area contributed by atoms with Gasteiger partial charge in [0.25, 0.3) is 0 Å². The maximum absolute atomic E-state index is 11.1. The monoisotopic (exact) mass is 237 g/mol. The normalized spacial score (nSPS) is 12.1. The molecule has 0 aromatic heterocycles. The molecule has 1 aromatic rings. The van der Waals surface area contributed by atoms with Crippen molar-refractivity contribution >= 4 is 11.8 Å². The fourth-order valence-corrected chi connectivity index (χ4v) is 1.36. The smallest absolute Gasteiger partial charge is 0.249 e. The van der Waals surface area contributed by atoms with Gasteiger partial charge in [-0.05, 0) is 11.6 Å². The van der Waals surface area contributed by atoms with E-state index in [9.17, 15) is 9.59 Å². The second kappa shape index (κ2) is 5.97. The van der Waals surface area contributed by atoms with Crippen molar-refractivity contribution in [1.82, 2.24) is 5.32 Å². The highest BCUT2D eigenvalue weighted by atomic mass is 16.3. The van der Waals surface area contributed by atoms with E-state index in [1.54, 1.807) is 24.3 Å². The molecule has 0 heterocycles. The van der Waals surface area contributed by atoms with Gasteiger partial charge >= 0.3 is 0 Å². The number of carbonyl (C=O) groups excluding carboxylic acids is 2. The first-order valence-corrected chi connectivity index (χ1v) is 5.08. The molecule has 1 unspecified atom stereocenters. The lowest BCUT2D eigenvalue weighted by Crippen LogP contribution is -2.37. The van der Waals surface area contributed by atoms with Gasteiger partial charge in [-0.3, -0.25) is 9.59 Å². The molecule has 0 saturated carbocycles. The zero-order valence-electron chi connectivity index (χ0n) is 9.22. The number of primary amides is 2. The van der Waals surface area contributed by atoms with Crippen LogP contribution in [0.4, 0.5) is 0 Å². The van der Waals surface area contributed by atoms with Gasteiger partial charge in [0.1, 0.15) is 6.10 Å². The molecule has 0 fully saturated rings. The number of hydrogen-bond acceptors (Lipinski definition) is 4. The lowest BCUT2D eigenvalue weighted by molar-refractivity contribution is -0.125. The Morgan fingerprint density at radius 2 is 1.94 bits per heavy atom. The van der Waals surface area contributed by atoms with Gasteiger partial charge in [-0.15, -0.1) is 0 Å². The summed E-state index contributed by atoms with van der Waals surface area (Å²) < 4.78 is 0. The van der Waals surface area contributed by atoms with Crippen molar-refractivity contribution in [2.24, 2.45) is 11.5 Å². The van der Waals surface area contributed by atoms with Crippen molar-refractivity contribution in [1.29, 1.82) is 0 Å². The number of amides is 2. The predicted octanol–water partition coefficient (Wildman–Crippen LogP) is -1.28. The van der Waals surface area contributed by atoms with E-state index < -0.39 is 17.9 Å².